The van der Waals surface area contributed by atoms with E-state index in [1.807, 2.05) is 0 Å². The maximum atomic E-state index is 5.17. The zero-order valence-corrected chi connectivity index (χ0v) is 17.6. The van der Waals surface area contributed by atoms with Crippen molar-refractivity contribution in [2.45, 2.75) is 12.6 Å². The highest BCUT2D eigenvalue weighted by Crippen LogP contribution is 2.43. The second kappa shape index (κ2) is 7.86. The van der Waals surface area contributed by atoms with Gasteiger partial charge in [-0.15, -0.1) is 0 Å². The van der Waals surface area contributed by atoms with Crippen LogP contribution in [-0.2, 0) is 6.54 Å². The number of para-hydroxylation sites is 2. The summed E-state index contributed by atoms with van der Waals surface area (Å²) in [5, 5.41) is 1.25. The molecule has 0 spiro atoms. The molecule has 1 aromatic heterocycles. The molecular weight excluding hydrogens is 390 g/mol. The van der Waals surface area contributed by atoms with Gasteiger partial charge >= 0.3 is 0 Å². The molecule has 1 unspecified atom stereocenters. The molecule has 0 radical (unpaired) electrons. The van der Waals surface area contributed by atoms with Crippen LogP contribution in [0.25, 0.3) is 10.9 Å². The Morgan fingerprint density at radius 1 is 0.688 bits per heavy atom. The Kier molecular flexibility index (Phi) is 4.58. The first-order valence-electron chi connectivity index (χ1n) is 11.0. The van der Waals surface area contributed by atoms with Crippen molar-refractivity contribution >= 4 is 22.4 Å². The van der Waals surface area contributed by atoms with Crippen molar-refractivity contribution in [2.75, 3.05) is 0 Å². The Balaban J connectivity index is 1.59. The quantitative estimate of drug-likeness (QED) is 0.343. The highest BCUT2D eigenvalue weighted by atomic mass is 15.2. The fourth-order valence-electron chi connectivity index (χ4n) is 4.71. The molecule has 1 atom stereocenters. The van der Waals surface area contributed by atoms with Gasteiger partial charge in [-0.1, -0.05) is 97.1 Å². The molecule has 0 fully saturated rings. The number of aromatic nitrogens is 1. The van der Waals surface area contributed by atoms with Crippen LogP contribution in [0.1, 0.15) is 28.3 Å². The number of fused-ring (bicyclic) bond motifs is 2. The molecule has 1 aliphatic rings. The van der Waals surface area contributed by atoms with E-state index in [2.05, 4.69) is 125 Å². The molecule has 0 amide bonds. The van der Waals surface area contributed by atoms with Gasteiger partial charge in [-0.3, -0.25) is 0 Å². The van der Waals surface area contributed by atoms with E-state index in [0.717, 1.165) is 29.1 Å². The van der Waals surface area contributed by atoms with Crippen molar-refractivity contribution in [3.05, 3.63) is 138 Å². The van der Waals surface area contributed by atoms with Gasteiger partial charge in [0.25, 0.3) is 0 Å². The van der Waals surface area contributed by atoms with Crippen LogP contribution in [0.2, 0.25) is 0 Å². The first-order valence-corrected chi connectivity index (χ1v) is 11.0. The van der Waals surface area contributed by atoms with Crippen LogP contribution >= 0.6 is 0 Å². The summed E-state index contributed by atoms with van der Waals surface area (Å²) in [6.45, 7) is 0.771. The zero-order chi connectivity index (χ0) is 21.3. The van der Waals surface area contributed by atoms with E-state index in [0.29, 0.717) is 0 Å². The first-order chi connectivity index (χ1) is 15.9. The molecule has 1 aliphatic heterocycles. The van der Waals surface area contributed by atoms with E-state index in [4.69, 9.17) is 4.99 Å². The Hall–Kier alpha value is -4.11. The molecule has 0 saturated carbocycles. The SMILES string of the molecule is c1ccc(CN2C(c3ccccc3)=Nc3ccccc3C2c2c[nH]c3ccccc23)cc1. The van der Waals surface area contributed by atoms with Gasteiger partial charge in [-0.25, -0.2) is 4.99 Å². The zero-order valence-electron chi connectivity index (χ0n) is 17.6. The van der Waals surface area contributed by atoms with Crippen molar-refractivity contribution < 1.29 is 0 Å². The van der Waals surface area contributed by atoms with Gasteiger partial charge < -0.3 is 9.88 Å². The predicted octanol–water partition coefficient (Wildman–Crippen LogP) is 6.85. The second-order valence-electron chi connectivity index (χ2n) is 8.17. The number of aliphatic imine (C=N–C) groups is 1. The average molecular weight is 414 g/mol. The largest absolute Gasteiger partial charge is 0.361 e. The Bertz CT molecular complexity index is 1400. The van der Waals surface area contributed by atoms with Gasteiger partial charge in [0.15, 0.2) is 0 Å². The van der Waals surface area contributed by atoms with Gasteiger partial charge in [-0.05, 0) is 17.7 Å². The lowest BCUT2D eigenvalue weighted by Gasteiger charge is -2.38. The van der Waals surface area contributed by atoms with Crippen LogP contribution in [0, 0.1) is 0 Å². The molecule has 154 valence electrons. The van der Waals surface area contributed by atoms with Gasteiger partial charge in [0.1, 0.15) is 5.84 Å². The summed E-state index contributed by atoms with van der Waals surface area (Å²) in [4.78, 5) is 11.1. The van der Waals surface area contributed by atoms with Crippen LogP contribution in [-0.4, -0.2) is 15.7 Å². The number of hydrogen-bond acceptors (Lipinski definition) is 2. The van der Waals surface area contributed by atoms with Crippen LogP contribution < -0.4 is 0 Å². The minimum atomic E-state index is 0.0512. The Morgan fingerprint density at radius 2 is 1.38 bits per heavy atom. The van der Waals surface area contributed by atoms with Crippen LogP contribution in [0.4, 0.5) is 5.69 Å². The molecule has 32 heavy (non-hydrogen) atoms. The summed E-state index contributed by atoms with van der Waals surface area (Å²) in [6.07, 6.45) is 2.16. The minimum Gasteiger partial charge on any atom is -0.361 e. The molecule has 6 rings (SSSR count). The molecule has 5 aromatic rings. The number of H-pyrrole nitrogens is 1. The molecule has 4 aromatic carbocycles. The topological polar surface area (TPSA) is 31.4 Å². The van der Waals surface area contributed by atoms with E-state index >= 15 is 0 Å². The second-order valence-corrected chi connectivity index (χ2v) is 8.17. The minimum absolute atomic E-state index is 0.0512. The fraction of sp³-hybridized carbons (Fsp3) is 0.0690. The summed E-state index contributed by atoms with van der Waals surface area (Å²) < 4.78 is 0. The van der Waals surface area contributed by atoms with E-state index in [-0.39, 0.29) is 6.04 Å². The number of nitrogens with zero attached hydrogens (tertiary/aromatic N) is 2. The Labute approximate surface area is 187 Å². The third-order valence-electron chi connectivity index (χ3n) is 6.18. The fourth-order valence-corrected chi connectivity index (χ4v) is 4.71. The summed E-state index contributed by atoms with van der Waals surface area (Å²) in [5.41, 5.74) is 7.08. The third kappa shape index (κ3) is 3.19. The van der Waals surface area contributed by atoms with Gasteiger partial charge in [0, 0.05) is 40.3 Å². The van der Waals surface area contributed by atoms with Gasteiger partial charge in [0.05, 0.1) is 11.7 Å². The van der Waals surface area contributed by atoms with Crippen LogP contribution in [0.15, 0.2) is 120 Å². The van der Waals surface area contributed by atoms with E-state index in [1.54, 1.807) is 0 Å². The predicted molar refractivity (Wildman–Crippen MR) is 131 cm³/mol. The molecule has 1 N–H and O–H groups in total. The number of aromatic amines is 1. The first kappa shape index (κ1) is 18.6. The average Bonchev–Trinajstić information content (AvgIpc) is 3.28. The standard InChI is InChI=1S/C29H23N3/c1-3-11-21(12-4-1)20-32-28(25-19-30-26-17-9-7-15-23(25)26)24-16-8-10-18-27(24)31-29(32)22-13-5-2-6-14-22/h1-19,28,30H,20H2. The third-order valence-corrected chi connectivity index (χ3v) is 6.18. The summed E-state index contributed by atoms with van der Waals surface area (Å²) in [6, 6.07) is 38.3. The smallest absolute Gasteiger partial charge is 0.137 e. The highest BCUT2D eigenvalue weighted by Gasteiger charge is 2.33. The van der Waals surface area contributed by atoms with Crippen molar-refractivity contribution in [1.82, 2.24) is 9.88 Å². The lowest BCUT2D eigenvalue weighted by molar-refractivity contribution is 0.347. The molecule has 2 heterocycles. The van der Waals surface area contributed by atoms with Crippen LogP contribution in [0.5, 0.6) is 0 Å². The monoisotopic (exact) mass is 413 g/mol. The van der Waals surface area contributed by atoms with Gasteiger partial charge in [-0.2, -0.15) is 0 Å². The summed E-state index contributed by atoms with van der Waals surface area (Å²) >= 11 is 0. The molecule has 0 aliphatic carbocycles. The summed E-state index contributed by atoms with van der Waals surface area (Å²) in [7, 11) is 0. The van der Waals surface area contributed by atoms with Gasteiger partial charge in [0.2, 0.25) is 0 Å². The maximum absolute atomic E-state index is 5.17. The number of hydrogen-bond donors (Lipinski definition) is 1. The van der Waals surface area contributed by atoms with E-state index in [1.165, 1.54) is 22.1 Å². The van der Waals surface area contributed by atoms with Crippen molar-refractivity contribution in [3.8, 4) is 0 Å². The van der Waals surface area contributed by atoms with E-state index in [9.17, 15) is 0 Å². The molecular formula is C29H23N3. The van der Waals surface area contributed by atoms with E-state index < -0.39 is 0 Å². The maximum Gasteiger partial charge on any atom is 0.137 e. The molecule has 3 nitrogen and oxygen atoms in total. The normalized spacial score (nSPS) is 15.4. The molecule has 3 heteroatoms. The number of amidine groups is 1. The lowest BCUT2D eigenvalue weighted by Crippen LogP contribution is -2.37. The van der Waals surface area contributed by atoms with Crippen LogP contribution in [0.3, 0.4) is 0 Å². The lowest BCUT2D eigenvalue weighted by atomic mass is 9.92. The molecule has 0 bridgehead atoms. The van der Waals surface area contributed by atoms with Crippen molar-refractivity contribution in [2.24, 2.45) is 4.99 Å². The number of nitrogens with one attached hydrogen (secondary N) is 1. The Morgan fingerprint density at radius 3 is 2.22 bits per heavy atom. The molecule has 0 saturated heterocycles. The summed E-state index contributed by atoms with van der Waals surface area (Å²) in [5.74, 6) is 1.00. The number of rotatable bonds is 4. The van der Waals surface area contributed by atoms with Crippen molar-refractivity contribution in [1.29, 1.82) is 0 Å². The highest BCUT2D eigenvalue weighted by molar-refractivity contribution is 6.02. The van der Waals surface area contributed by atoms with Crippen molar-refractivity contribution in [3.63, 3.8) is 0 Å². The number of benzene rings is 4.